The molecule has 1 aliphatic heterocycles. The molecule has 0 saturated carbocycles. The minimum Gasteiger partial charge on any atom is -0.492 e. The molecule has 0 amide bonds. The zero-order chi connectivity index (χ0) is 21.3. The monoisotopic (exact) mass is 537 g/mol. The number of halogens is 1. The highest BCUT2D eigenvalue weighted by atomic mass is 127. The number of likely N-dealkylation sites (N-methyl/N-ethyl adjacent to an activating group) is 1. The average Bonchev–Trinajstić information content (AvgIpc) is 3.20. The second-order valence-electron chi connectivity index (χ2n) is 8.14. The number of nitrogens with one attached hydrogen (secondary N) is 2. The fraction of sp³-hybridized carbons (Fsp3) is 0.458. The van der Waals surface area contributed by atoms with Crippen molar-refractivity contribution >= 4 is 35.6 Å². The maximum absolute atomic E-state index is 5.84. The molecule has 0 aromatic heterocycles. The van der Waals surface area contributed by atoms with E-state index >= 15 is 0 Å². The van der Waals surface area contributed by atoms with Crippen molar-refractivity contribution in [3.05, 3.63) is 59.7 Å². The molecule has 0 aliphatic carbocycles. The van der Waals surface area contributed by atoms with Crippen molar-refractivity contribution in [2.45, 2.75) is 25.9 Å². The molecule has 0 bridgehead atoms. The van der Waals surface area contributed by atoms with Gasteiger partial charge in [-0.2, -0.15) is 0 Å². The van der Waals surface area contributed by atoms with Gasteiger partial charge in [0.2, 0.25) is 0 Å². The number of aryl methyl sites for hydroxylation is 1. The van der Waals surface area contributed by atoms with E-state index in [1.807, 2.05) is 33.3 Å². The Kier molecular flexibility index (Phi) is 10.4. The van der Waals surface area contributed by atoms with Crippen LogP contribution in [0.4, 0.5) is 5.69 Å². The number of hydrogen-bond donors (Lipinski definition) is 2. The molecule has 1 heterocycles. The Labute approximate surface area is 204 Å². The highest BCUT2D eigenvalue weighted by Crippen LogP contribution is 2.20. The van der Waals surface area contributed by atoms with E-state index in [-0.39, 0.29) is 24.0 Å². The van der Waals surface area contributed by atoms with Gasteiger partial charge in [-0.3, -0.25) is 4.99 Å². The third kappa shape index (κ3) is 8.22. The van der Waals surface area contributed by atoms with Gasteiger partial charge in [-0.25, -0.2) is 0 Å². The minimum absolute atomic E-state index is 0. The number of aliphatic imine (C=N–C) groups is 1. The fourth-order valence-electron chi connectivity index (χ4n) is 3.53. The minimum atomic E-state index is 0. The molecular formula is C24H36IN5O. The SMILES string of the molecule is CN=C(NCc1cccc(OCCN(C)C)c1)NC1CCN(c2ccc(C)cc2)C1.I. The summed E-state index contributed by atoms with van der Waals surface area (Å²) in [5.41, 5.74) is 3.76. The highest BCUT2D eigenvalue weighted by Gasteiger charge is 2.23. The van der Waals surface area contributed by atoms with Gasteiger partial charge in [-0.15, -0.1) is 24.0 Å². The van der Waals surface area contributed by atoms with Gasteiger partial charge in [0.05, 0.1) is 0 Å². The second-order valence-corrected chi connectivity index (χ2v) is 8.14. The van der Waals surface area contributed by atoms with E-state index in [9.17, 15) is 0 Å². The molecule has 7 heteroatoms. The number of ether oxygens (including phenoxy) is 1. The highest BCUT2D eigenvalue weighted by molar-refractivity contribution is 14.0. The van der Waals surface area contributed by atoms with E-state index < -0.39 is 0 Å². The molecule has 1 aliphatic rings. The first-order valence-corrected chi connectivity index (χ1v) is 10.7. The molecular weight excluding hydrogens is 501 g/mol. The number of benzene rings is 2. The quantitative estimate of drug-likeness (QED) is 0.307. The molecule has 1 atom stereocenters. The van der Waals surface area contributed by atoms with Crippen LogP contribution in [0.2, 0.25) is 0 Å². The lowest BCUT2D eigenvalue weighted by Crippen LogP contribution is -2.44. The van der Waals surface area contributed by atoms with Gasteiger partial charge in [-0.05, 0) is 57.3 Å². The van der Waals surface area contributed by atoms with Crippen molar-refractivity contribution in [2.75, 3.05) is 52.3 Å². The Balaban J connectivity index is 0.00000341. The maximum atomic E-state index is 5.84. The third-order valence-electron chi connectivity index (χ3n) is 5.32. The lowest BCUT2D eigenvalue weighted by Gasteiger charge is -2.20. The van der Waals surface area contributed by atoms with Gasteiger partial charge in [0.1, 0.15) is 12.4 Å². The molecule has 6 nitrogen and oxygen atoms in total. The van der Waals surface area contributed by atoms with E-state index in [1.54, 1.807) is 0 Å². The lowest BCUT2D eigenvalue weighted by atomic mass is 10.2. The Bertz CT molecular complexity index is 825. The first kappa shape index (κ1) is 25.3. The van der Waals surface area contributed by atoms with Crippen molar-refractivity contribution < 1.29 is 4.74 Å². The summed E-state index contributed by atoms with van der Waals surface area (Å²) < 4.78 is 5.84. The Morgan fingerprint density at radius 1 is 1.19 bits per heavy atom. The van der Waals surface area contributed by atoms with Crippen molar-refractivity contribution in [1.82, 2.24) is 15.5 Å². The molecule has 2 N–H and O–H groups in total. The predicted molar refractivity (Wildman–Crippen MR) is 141 cm³/mol. The number of hydrogen-bond acceptors (Lipinski definition) is 4. The van der Waals surface area contributed by atoms with Gasteiger partial charge in [0.15, 0.2) is 5.96 Å². The Hall–Kier alpha value is -2.00. The number of anilines is 1. The lowest BCUT2D eigenvalue weighted by molar-refractivity contribution is 0.261. The van der Waals surface area contributed by atoms with Crippen molar-refractivity contribution in [2.24, 2.45) is 4.99 Å². The fourth-order valence-corrected chi connectivity index (χ4v) is 3.53. The van der Waals surface area contributed by atoms with Crippen LogP contribution in [0.5, 0.6) is 5.75 Å². The van der Waals surface area contributed by atoms with Gasteiger partial charge < -0.3 is 25.2 Å². The number of rotatable bonds is 8. The van der Waals surface area contributed by atoms with Crippen molar-refractivity contribution in [3.63, 3.8) is 0 Å². The van der Waals surface area contributed by atoms with Crippen LogP contribution < -0.4 is 20.3 Å². The van der Waals surface area contributed by atoms with Gasteiger partial charge in [0, 0.05) is 45.0 Å². The van der Waals surface area contributed by atoms with Gasteiger partial charge in [0.25, 0.3) is 0 Å². The van der Waals surface area contributed by atoms with Crippen LogP contribution in [0.15, 0.2) is 53.5 Å². The zero-order valence-corrected chi connectivity index (χ0v) is 21.4. The smallest absolute Gasteiger partial charge is 0.191 e. The summed E-state index contributed by atoms with van der Waals surface area (Å²) >= 11 is 0. The molecule has 170 valence electrons. The van der Waals surface area contributed by atoms with Crippen molar-refractivity contribution in [3.8, 4) is 5.75 Å². The predicted octanol–water partition coefficient (Wildman–Crippen LogP) is 3.50. The summed E-state index contributed by atoms with van der Waals surface area (Å²) in [5.74, 6) is 1.74. The molecule has 0 radical (unpaired) electrons. The molecule has 1 saturated heterocycles. The van der Waals surface area contributed by atoms with E-state index in [2.05, 4.69) is 68.7 Å². The van der Waals surface area contributed by atoms with Gasteiger partial charge >= 0.3 is 0 Å². The molecule has 1 unspecified atom stereocenters. The first-order valence-electron chi connectivity index (χ1n) is 10.7. The zero-order valence-electron chi connectivity index (χ0n) is 19.1. The van der Waals surface area contributed by atoms with Crippen LogP contribution in [0.1, 0.15) is 17.5 Å². The first-order chi connectivity index (χ1) is 14.5. The number of guanidine groups is 1. The van der Waals surface area contributed by atoms with Crippen LogP contribution in [-0.2, 0) is 6.54 Å². The molecule has 0 spiro atoms. The van der Waals surface area contributed by atoms with E-state index in [1.165, 1.54) is 16.8 Å². The molecule has 2 aromatic rings. The van der Waals surface area contributed by atoms with Crippen LogP contribution in [0, 0.1) is 6.92 Å². The summed E-state index contributed by atoms with van der Waals surface area (Å²) in [6, 6.07) is 17.4. The van der Waals surface area contributed by atoms with Crippen molar-refractivity contribution in [1.29, 1.82) is 0 Å². The van der Waals surface area contributed by atoms with Crippen LogP contribution in [-0.4, -0.2) is 64.3 Å². The maximum Gasteiger partial charge on any atom is 0.191 e. The summed E-state index contributed by atoms with van der Waals surface area (Å²) in [7, 11) is 5.92. The van der Waals surface area contributed by atoms with Crippen LogP contribution in [0.25, 0.3) is 0 Å². The topological polar surface area (TPSA) is 52.1 Å². The van der Waals surface area contributed by atoms with Crippen LogP contribution >= 0.6 is 24.0 Å². The normalized spacial score (nSPS) is 16.2. The van der Waals surface area contributed by atoms with E-state index in [0.29, 0.717) is 19.2 Å². The largest absolute Gasteiger partial charge is 0.492 e. The van der Waals surface area contributed by atoms with Gasteiger partial charge in [-0.1, -0.05) is 29.8 Å². The average molecular weight is 537 g/mol. The molecule has 31 heavy (non-hydrogen) atoms. The Morgan fingerprint density at radius 3 is 2.68 bits per heavy atom. The summed E-state index contributed by atoms with van der Waals surface area (Å²) in [6.45, 7) is 6.47. The van der Waals surface area contributed by atoms with E-state index in [4.69, 9.17) is 4.74 Å². The van der Waals surface area contributed by atoms with Crippen LogP contribution in [0.3, 0.4) is 0 Å². The molecule has 2 aromatic carbocycles. The third-order valence-corrected chi connectivity index (χ3v) is 5.32. The van der Waals surface area contributed by atoms with E-state index in [0.717, 1.165) is 37.8 Å². The second kappa shape index (κ2) is 12.8. The number of nitrogens with zero attached hydrogens (tertiary/aromatic N) is 3. The standard InChI is InChI=1S/C24H35N5O.HI/c1-19-8-10-22(11-9-19)29-13-12-21(18-29)27-24(25-2)26-17-20-6-5-7-23(16-20)30-15-14-28(3)4;/h5-11,16,21H,12-15,17-18H2,1-4H3,(H2,25,26,27);1H. The summed E-state index contributed by atoms with van der Waals surface area (Å²) in [4.78, 5) is 8.95. The molecule has 3 rings (SSSR count). The molecule has 1 fully saturated rings. The summed E-state index contributed by atoms with van der Waals surface area (Å²) in [6.07, 6.45) is 1.10. The Morgan fingerprint density at radius 2 is 1.97 bits per heavy atom. The summed E-state index contributed by atoms with van der Waals surface area (Å²) in [5, 5.41) is 7.00.